The minimum atomic E-state index is -0.377. The van der Waals surface area contributed by atoms with Gasteiger partial charge >= 0.3 is 0 Å². The zero-order valence-corrected chi connectivity index (χ0v) is 11.1. The van der Waals surface area contributed by atoms with Crippen molar-refractivity contribution in [3.8, 4) is 11.8 Å². The van der Waals surface area contributed by atoms with Gasteiger partial charge in [0.25, 0.3) is 0 Å². The van der Waals surface area contributed by atoms with Gasteiger partial charge in [-0.05, 0) is 31.0 Å². The van der Waals surface area contributed by atoms with Crippen LogP contribution in [0.1, 0.15) is 30.5 Å². The van der Waals surface area contributed by atoms with Gasteiger partial charge in [-0.2, -0.15) is 5.26 Å². The molecule has 0 aliphatic rings. The molecule has 2 unspecified atom stereocenters. The van der Waals surface area contributed by atoms with E-state index < -0.39 is 0 Å². The molecule has 92 valence electrons. The third kappa shape index (κ3) is 2.91. The lowest BCUT2D eigenvalue weighted by Crippen LogP contribution is -2.20. The number of methoxy groups -OCH3 is 1. The number of benzene rings is 1. The number of halogens is 1. The molecule has 2 N–H and O–H groups in total. The number of ether oxygens (including phenoxy) is 1. The fourth-order valence-electron chi connectivity index (χ4n) is 1.75. The maximum Gasteiger partial charge on any atom is 0.124 e. The number of aryl methyl sites for hydroxylation is 1. The molecular weight excluding hydrogens is 236 g/mol. The molecule has 17 heavy (non-hydrogen) atoms. The second-order valence-corrected chi connectivity index (χ2v) is 4.42. The summed E-state index contributed by atoms with van der Waals surface area (Å²) in [5.41, 5.74) is 7.82. The number of hydrogen-bond donors (Lipinski definition) is 1. The van der Waals surface area contributed by atoms with Crippen molar-refractivity contribution >= 4 is 11.6 Å². The molecular formula is C13H17ClN2O. The summed E-state index contributed by atoms with van der Waals surface area (Å²) >= 11 is 6.08. The molecule has 1 rings (SSSR count). The van der Waals surface area contributed by atoms with Crippen molar-refractivity contribution in [3.63, 3.8) is 0 Å². The van der Waals surface area contributed by atoms with Gasteiger partial charge in [0.15, 0.2) is 0 Å². The molecule has 0 aliphatic carbocycles. The third-order valence-electron chi connectivity index (χ3n) is 2.91. The topological polar surface area (TPSA) is 59.0 Å². The van der Waals surface area contributed by atoms with Crippen molar-refractivity contribution in [1.82, 2.24) is 0 Å². The van der Waals surface area contributed by atoms with Crippen LogP contribution in [0.3, 0.4) is 0 Å². The summed E-state index contributed by atoms with van der Waals surface area (Å²) in [5, 5.41) is 9.68. The van der Waals surface area contributed by atoms with Crippen molar-refractivity contribution in [2.45, 2.75) is 26.3 Å². The highest BCUT2D eigenvalue weighted by Crippen LogP contribution is 2.33. The van der Waals surface area contributed by atoms with E-state index >= 15 is 0 Å². The van der Waals surface area contributed by atoms with E-state index in [2.05, 4.69) is 6.07 Å². The van der Waals surface area contributed by atoms with Crippen LogP contribution in [-0.2, 0) is 0 Å². The highest BCUT2D eigenvalue weighted by Gasteiger charge is 2.21. The van der Waals surface area contributed by atoms with Crippen molar-refractivity contribution in [2.75, 3.05) is 7.11 Å². The number of nitrogens with two attached hydrogens (primary N) is 1. The van der Waals surface area contributed by atoms with Gasteiger partial charge in [-0.15, -0.1) is 0 Å². The van der Waals surface area contributed by atoms with E-state index in [4.69, 9.17) is 27.3 Å². The maximum atomic E-state index is 9.04. The van der Waals surface area contributed by atoms with Crippen LogP contribution in [0.25, 0.3) is 0 Å². The van der Waals surface area contributed by atoms with Crippen LogP contribution in [0.15, 0.2) is 12.1 Å². The summed E-state index contributed by atoms with van der Waals surface area (Å²) in [6, 6.07) is 5.48. The van der Waals surface area contributed by atoms with Crippen LogP contribution < -0.4 is 10.5 Å². The molecule has 2 atom stereocenters. The van der Waals surface area contributed by atoms with Crippen molar-refractivity contribution in [3.05, 3.63) is 28.3 Å². The Morgan fingerprint density at radius 1 is 1.53 bits per heavy atom. The van der Waals surface area contributed by atoms with Crippen LogP contribution in [0.2, 0.25) is 5.02 Å². The van der Waals surface area contributed by atoms with Gasteiger partial charge in [-0.25, -0.2) is 0 Å². The Labute approximate surface area is 107 Å². The van der Waals surface area contributed by atoms with E-state index in [1.807, 2.05) is 19.9 Å². The average Bonchev–Trinajstić information content (AvgIpc) is 2.33. The molecule has 0 aromatic heterocycles. The second kappa shape index (κ2) is 5.90. The van der Waals surface area contributed by atoms with E-state index in [1.165, 1.54) is 0 Å². The molecule has 0 heterocycles. The van der Waals surface area contributed by atoms with Crippen molar-refractivity contribution in [1.29, 1.82) is 5.26 Å². The molecule has 3 nitrogen and oxygen atoms in total. The molecule has 0 bridgehead atoms. The Balaban J connectivity index is 3.21. The molecule has 0 radical (unpaired) electrons. The largest absolute Gasteiger partial charge is 0.496 e. The summed E-state index contributed by atoms with van der Waals surface area (Å²) in [5.74, 6) is 0.454. The second-order valence-electron chi connectivity index (χ2n) is 4.01. The molecule has 0 spiro atoms. The van der Waals surface area contributed by atoms with Gasteiger partial charge in [0.05, 0.1) is 19.1 Å². The molecule has 0 saturated heterocycles. The number of hydrogen-bond acceptors (Lipinski definition) is 3. The fraction of sp³-hybridized carbons (Fsp3) is 0.462. The first-order valence-electron chi connectivity index (χ1n) is 5.54. The molecule has 1 aromatic rings. The first-order chi connectivity index (χ1) is 8.04. The lowest BCUT2D eigenvalue weighted by molar-refractivity contribution is 0.397. The summed E-state index contributed by atoms with van der Waals surface area (Å²) in [6.07, 6.45) is 0.701. The third-order valence-corrected chi connectivity index (χ3v) is 3.32. The lowest BCUT2D eigenvalue weighted by atomic mass is 9.91. The van der Waals surface area contributed by atoms with Crippen LogP contribution in [-0.4, -0.2) is 7.11 Å². The van der Waals surface area contributed by atoms with Crippen LogP contribution in [0.4, 0.5) is 0 Å². The van der Waals surface area contributed by atoms with E-state index in [0.29, 0.717) is 17.2 Å². The van der Waals surface area contributed by atoms with E-state index in [-0.39, 0.29) is 12.0 Å². The minimum absolute atomic E-state index is 0.234. The number of nitriles is 1. The zero-order valence-electron chi connectivity index (χ0n) is 10.3. The van der Waals surface area contributed by atoms with Crippen molar-refractivity contribution < 1.29 is 4.74 Å². The van der Waals surface area contributed by atoms with Crippen LogP contribution >= 0.6 is 11.6 Å². The highest BCUT2D eigenvalue weighted by atomic mass is 35.5. The average molecular weight is 253 g/mol. The smallest absolute Gasteiger partial charge is 0.124 e. The minimum Gasteiger partial charge on any atom is -0.496 e. The van der Waals surface area contributed by atoms with E-state index in [9.17, 15) is 0 Å². The molecule has 0 aliphatic heterocycles. The number of nitrogens with zero attached hydrogens (tertiary/aromatic N) is 1. The zero-order chi connectivity index (χ0) is 13.0. The SMILES string of the molecule is CCC(C#N)C(N)c1cc(Cl)c(C)cc1OC. The molecule has 0 fully saturated rings. The Hall–Kier alpha value is -1.24. The molecule has 0 amide bonds. The fourth-order valence-corrected chi connectivity index (χ4v) is 1.92. The Bertz CT molecular complexity index is 440. The number of rotatable bonds is 4. The monoisotopic (exact) mass is 252 g/mol. The molecule has 4 heteroatoms. The van der Waals surface area contributed by atoms with Gasteiger partial charge < -0.3 is 10.5 Å². The predicted molar refractivity (Wildman–Crippen MR) is 69.1 cm³/mol. The van der Waals surface area contributed by atoms with Gasteiger partial charge in [0.2, 0.25) is 0 Å². The summed E-state index contributed by atoms with van der Waals surface area (Å²) in [4.78, 5) is 0. The van der Waals surface area contributed by atoms with E-state index in [1.54, 1.807) is 13.2 Å². The van der Waals surface area contributed by atoms with Gasteiger partial charge in [0.1, 0.15) is 5.75 Å². The lowest BCUT2D eigenvalue weighted by Gasteiger charge is -2.20. The van der Waals surface area contributed by atoms with Gasteiger partial charge in [-0.3, -0.25) is 0 Å². The van der Waals surface area contributed by atoms with Gasteiger partial charge in [0, 0.05) is 16.6 Å². The summed E-state index contributed by atoms with van der Waals surface area (Å²) in [6.45, 7) is 3.85. The first-order valence-corrected chi connectivity index (χ1v) is 5.92. The quantitative estimate of drug-likeness (QED) is 0.895. The standard InChI is InChI=1S/C13H17ClN2O/c1-4-9(7-15)13(16)10-6-11(14)8(2)5-12(10)17-3/h5-6,9,13H,4,16H2,1-3H3. The van der Waals surface area contributed by atoms with Crippen molar-refractivity contribution in [2.24, 2.45) is 11.7 Å². The van der Waals surface area contributed by atoms with E-state index in [0.717, 1.165) is 11.1 Å². The normalized spacial score (nSPS) is 13.9. The van der Waals surface area contributed by atoms with Gasteiger partial charge in [-0.1, -0.05) is 18.5 Å². The maximum absolute atomic E-state index is 9.04. The van der Waals surface area contributed by atoms with Crippen LogP contribution in [0.5, 0.6) is 5.75 Å². The highest BCUT2D eigenvalue weighted by molar-refractivity contribution is 6.31. The first kappa shape index (κ1) is 13.8. The molecule has 0 saturated carbocycles. The Kier molecular flexibility index (Phi) is 4.80. The summed E-state index contributed by atoms with van der Waals surface area (Å²) < 4.78 is 5.29. The van der Waals surface area contributed by atoms with Crippen LogP contribution in [0, 0.1) is 24.2 Å². The Morgan fingerprint density at radius 2 is 2.18 bits per heavy atom. The summed E-state index contributed by atoms with van der Waals surface area (Å²) in [7, 11) is 1.59. The predicted octanol–water partition coefficient (Wildman–Crippen LogP) is 3.21. The molecule has 1 aromatic carbocycles. The Morgan fingerprint density at radius 3 is 2.65 bits per heavy atom.